The van der Waals surface area contributed by atoms with Gasteiger partial charge in [0.2, 0.25) is 0 Å². The van der Waals surface area contributed by atoms with E-state index in [9.17, 15) is 18.0 Å². The number of benzene rings is 2. The number of aromatic nitrogens is 2. The number of hydrogen-bond donors (Lipinski definition) is 1. The van der Waals surface area contributed by atoms with Crippen molar-refractivity contribution in [3.8, 4) is 5.69 Å². The molecular weight excluding hydrogens is 428 g/mol. The van der Waals surface area contributed by atoms with Gasteiger partial charge in [-0.3, -0.25) is 19.0 Å². The molecule has 32 heavy (non-hydrogen) atoms. The predicted octanol–water partition coefficient (Wildman–Crippen LogP) is 2.83. The molecule has 1 heterocycles. The van der Waals surface area contributed by atoms with Gasteiger partial charge in [0.1, 0.15) is 5.69 Å². The Morgan fingerprint density at radius 3 is 2.38 bits per heavy atom. The van der Waals surface area contributed by atoms with Crippen LogP contribution in [-0.4, -0.2) is 41.7 Å². The Hall–Kier alpha value is -3.33. The third kappa shape index (κ3) is 3.84. The van der Waals surface area contributed by atoms with Crippen LogP contribution in [-0.2, 0) is 17.1 Å². The van der Waals surface area contributed by atoms with Gasteiger partial charge in [-0.15, -0.1) is 0 Å². The van der Waals surface area contributed by atoms with Gasteiger partial charge in [-0.25, -0.2) is 13.1 Å². The number of anilines is 1. The van der Waals surface area contributed by atoms with Crippen molar-refractivity contribution in [3.05, 3.63) is 75.7 Å². The molecule has 0 unspecified atom stereocenters. The number of amides is 1. The van der Waals surface area contributed by atoms with E-state index in [0.717, 1.165) is 12.8 Å². The number of sulfonamides is 1. The number of nitrogens with one attached hydrogen (secondary N) is 1. The summed E-state index contributed by atoms with van der Waals surface area (Å²) in [6, 6.07) is 13.6. The van der Waals surface area contributed by atoms with Crippen molar-refractivity contribution in [1.29, 1.82) is 0 Å². The molecule has 2 aromatic carbocycles. The van der Waals surface area contributed by atoms with Crippen molar-refractivity contribution in [2.24, 2.45) is 7.05 Å². The highest BCUT2D eigenvalue weighted by atomic mass is 32.2. The number of hydrogen-bond acceptors (Lipinski definition) is 4. The van der Waals surface area contributed by atoms with Crippen LogP contribution in [0, 0.1) is 13.8 Å². The highest BCUT2D eigenvalue weighted by Crippen LogP contribution is 2.28. The molecular formula is C23H26N4O4S. The monoisotopic (exact) mass is 454 g/mol. The van der Waals surface area contributed by atoms with Crippen LogP contribution in [0.1, 0.15) is 34.5 Å². The lowest BCUT2D eigenvalue weighted by molar-refractivity contribution is 0.0784. The van der Waals surface area contributed by atoms with Gasteiger partial charge < -0.3 is 4.90 Å². The maximum absolute atomic E-state index is 13.2. The second kappa shape index (κ2) is 7.98. The lowest BCUT2D eigenvalue weighted by Crippen LogP contribution is -2.29. The minimum Gasteiger partial charge on any atom is -0.339 e. The minimum absolute atomic E-state index is 0.0279. The zero-order chi connectivity index (χ0) is 23.2. The molecule has 1 aromatic heterocycles. The molecule has 4 rings (SSSR count). The van der Waals surface area contributed by atoms with E-state index in [2.05, 4.69) is 4.72 Å². The van der Waals surface area contributed by atoms with Gasteiger partial charge in [0.25, 0.3) is 21.5 Å². The first-order valence-electron chi connectivity index (χ1n) is 10.4. The normalized spacial score (nSPS) is 13.8. The number of carbonyl (C=O) groups is 1. The zero-order valence-corrected chi connectivity index (χ0v) is 19.3. The molecule has 3 aromatic rings. The van der Waals surface area contributed by atoms with Crippen LogP contribution in [0.3, 0.4) is 0 Å². The Bertz CT molecular complexity index is 1350. The zero-order valence-electron chi connectivity index (χ0n) is 18.5. The molecule has 8 nitrogen and oxygen atoms in total. The average molecular weight is 455 g/mol. The van der Waals surface area contributed by atoms with Gasteiger partial charge in [-0.05, 0) is 56.5 Å². The predicted molar refractivity (Wildman–Crippen MR) is 123 cm³/mol. The van der Waals surface area contributed by atoms with E-state index < -0.39 is 15.6 Å². The summed E-state index contributed by atoms with van der Waals surface area (Å²) in [6.07, 6.45) is 1.92. The molecule has 0 spiro atoms. The first-order chi connectivity index (χ1) is 15.1. The number of rotatable bonds is 6. The van der Waals surface area contributed by atoms with Crippen molar-refractivity contribution >= 4 is 21.6 Å². The Morgan fingerprint density at radius 2 is 1.75 bits per heavy atom. The van der Waals surface area contributed by atoms with E-state index >= 15 is 0 Å². The van der Waals surface area contributed by atoms with Crippen LogP contribution in [0.2, 0.25) is 0 Å². The summed E-state index contributed by atoms with van der Waals surface area (Å²) in [5.74, 6) is -0.204. The van der Waals surface area contributed by atoms with Gasteiger partial charge in [0.05, 0.1) is 16.3 Å². The van der Waals surface area contributed by atoms with Crippen molar-refractivity contribution in [1.82, 2.24) is 14.3 Å². The molecule has 9 heteroatoms. The first-order valence-corrected chi connectivity index (χ1v) is 11.8. The van der Waals surface area contributed by atoms with E-state index in [4.69, 9.17) is 0 Å². The van der Waals surface area contributed by atoms with E-state index in [-0.39, 0.29) is 22.5 Å². The summed E-state index contributed by atoms with van der Waals surface area (Å²) in [6.45, 7) is 3.45. The molecule has 1 N–H and O–H groups in total. The highest BCUT2D eigenvalue weighted by Gasteiger charge is 2.31. The second-order valence-electron chi connectivity index (χ2n) is 8.17. The Kier molecular flexibility index (Phi) is 5.46. The maximum Gasteiger partial charge on any atom is 0.296 e. The largest absolute Gasteiger partial charge is 0.339 e. The van der Waals surface area contributed by atoms with E-state index in [1.54, 1.807) is 67.9 Å². The number of nitrogens with zero attached hydrogens (tertiary/aromatic N) is 3. The third-order valence-electron chi connectivity index (χ3n) is 5.96. The average Bonchev–Trinajstić information content (AvgIpc) is 3.59. The summed E-state index contributed by atoms with van der Waals surface area (Å²) in [4.78, 5) is 27.5. The van der Waals surface area contributed by atoms with Gasteiger partial charge in [-0.2, -0.15) is 0 Å². The molecule has 0 aliphatic heterocycles. The number of carbonyl (C=O) groups excluding carboxylic acids is 1. The summed E-state index contributed by atoms with van der Waals surface area (Å²) < 4.78 is 31.8. The van der Waals surface area contributed by atoms with Crippen molar-refractivity contribution in [2.45, 2.75) is 37.6 Å². The number of para-hydroxylation sites is 1. The van der Waals surface area contributed by atoms with Gasteiger partial charge >= 0.3 is 0 Å². The standard InChI is InChI=1S/C23H26N4O4S/c1-15-10-13-19(14-20(15)22(28)25(3)17-11-12-17)32(30,31)24-21-16(2)26(4)27(23(21)29)18-8-6-5-7-9-18/h5-10,13-14,17,24H,11-12H2,1-4H3. The smallest absolute Gasteiger partial charge is 0.296 e. The molecule has 0 radical (unpaired) electrons. The molecule has 1 fully saturated rings. The second-order valence-corrected chi connectivity index (χ2v) is 9.85. The molecule has 1 saturated carbocycles. The molecule has 0 atom stereocenters. The maximum atomic E-state index is 13.2. The van der Waals surface area contributed by atoms with Crippen molar-refractivity contribution in [2.75, 3.05) is 11.8 Å². The lowest BCUT2D eigenvalue weighted by atomic mass is 10.1. The van der Waals surface area contributed by atoms with Gasteiger partial charge in [0, 0.05) is 25.7 Å². The van der Waals surface area contributed by atoms with Crippen LogP contribution >= 0.6 is 0 Å². The first kappa shape index (κ1) is 21.9. The van der Waals surface area contributed by atoms with E-state index in [1.165, 1.54) is 16.8 Å². The van der Waals surface area contributed by atoms with E-state index in [0.29, 0.717) is 22.5 Å². The fourth-order valence-corrected chi connectivity index (χ4v) is 4.84. The van der Waals surface area contributed by atoms with Crippen LogP contribution in [0.5, 0.6) is 0 Å². The van der Waals surface area contributed by atoms with E-state index in [1.807, 2.05) is 6.07 Å². The van der Waals surface area contributed by atoms with Crippen LogP contribution in [0.25, 0.3) is 5.69 Å². The molecule has 1 amide bonds. The van der Waals surface area contributed by atoms with Crippen LogP contribution in [0.15, 0.2) is 58.2 Å². The highest BCUT2D eigenvalue weighted by molar-refractivity contribution is 7.92. The molecule has 168 valence electrons. The Labute approximate surface area is 187 Å². The number of aryl methyl sites for hydroxylation is 1. The quantitative estimate of drug-likeness (QED) is 0.620. The summed E-state index contributed by atoms with van der Waals surface area (Å²) in [7, 11) is -0.668. The fraction of sp³-hybridized carbons (Fsp3) is 0.304. The van der Waals surface area contributed by atoms with Gasteiger partial charge in [0.15, 0.2) is 0 Å². The molecule has 0 saturated heterocycles. The molecule has 1 aliphatic carbocycles. The van der Waals surface area contributed by atoms with Crippen LogP contribution in [0.4, 0.5) is 5.69 Å². The lowest BCUT2D eigenvalue weighted by Gasteiger charge is -2.18. The Morgan fingerprint density at radius 1 is 1.09 bits per heavy atom. The summed E-state index contributed by atoms with van der Waals surface area (Å²) in [5, 5.41) is 0. The fourth-order valence-electron chi connectivity index (χ4n) is 3.70. The minimum atomic E-state index is -4.09. The Balaban J connectivity index is 1.71. The topological polar surface area (TPSA) is 93.4 Å². The molecule has 1 aliphatic rings. The van der Waals surface area contributed by atoms with Crippen molar-refractivity contribution in [3.63, 3.8) is 0 Å². The summed E-state index contributed by atoms with van der Waals surface area (Å²) >= 11 is 0. The van der Waals surface area contributed by atoms with Gasteiger partial charge in [-0.1, -0.05) is 24.3 Å². The molecule has 0 bridgehead atoms. The van der Waals surface area contributed by atoms with Crippen molar-refractivity contribution < 1.29 is 13.2 Å². The van der Waals surface area contributed by atoms with Crippen LogP contribution < -0.4 is 10.3 Å². The SMILES string of the molecule is Cc1ccc(S(=O)(=O)Nc2c(C)n(C)n(-c3ccccc3)c2=O)cc1C(=O)N(C)C1CC1. The summed E-state index contributed by atoms with van der Waals surface area (Å²) in [5.41, 5.74) is 1.63. The third-order valence-corrected chi connectivity index (χ3v) is 7.30.